The number of amides is 1. The molecule has 1 N–H and O–H groups in total. The molecule has 0 saturated carbocycles. The van der Waals surface area contributed by atoms with Crippen molar-refractivity contribution in [2.45, 2.75) is 6.92 Å². The summed E-state index contributed by atoms with van der Waals surface area (Å²) in [7, 11) is 0. The number of hydrogen-bond acceptors (Lipinski definition) is 4. The van der Waals surface area contributed by atoms with Gasteiger partial charge in [0.15, 0.2) is 0 Å². The highest BCUT2D eigenvalue weighted by Crippen LogP contribution is 2.24. The third-order valence-corrected chi connectivity index (χ3v) is 3.54. The van der Waals surface area contributed by atoms with E-state index in [1.165, 1.54) is 17.4 Å². The first kappa shape index (κ1) is 12.6. The molecule has 0 saturated heterocycles. The molecule has 0 bridgehead atoms. The van der Waals surface area contributed by atoms with Gasteiger partial charge in [-0.2, -0.15) is 5.26 Å². The van der Waals surface area contributed by atoms with Gasteiger partial charge in [0.1, 0.15) is 4.88 Å². The summed E-state index contributed by atoms with van der Waals surface area (Å²) in [6.07, 6.45) is 0. The molecular formula is C12H8ClN3OS. The average molecular weight is 278 g/mol. The molecule has 0 radical (unpaired) electrons. The van der Waals surface area contributed by atoms with Gasteiger partial charge in [0, 0.05) is 0 Å². The first-order valence-corrected chi connectivity index (χ1v) is 6.28. The van der Waals surface area contributed by atoms with Gasteiger partial charge in [-0.25, -0.2) is 4.98 Å². The number of nitrogens with one attached hydrogen (secondary N) is 1. The molecule has 0 spiro atoms. The Morgan fingerprint density at radius 1 is 1.56 bits per heavy atom. The van der Waals surface area contributed by atoms with Crippen LogP contribution in [0.1, 0.15) is 20.9 Å². The number of benzene rings is 1. The van der Waals surface area contributed by atoms with Crippen molar-refractivity contribution in [2.75, 3.05) is 5.32 Å². The van der Waals surface area contributed by atoms with Crippen LogP contribution in [0.2, 0.25) is 5.02 Å². The topological polar surface area (TPSA) is 65.8 Å². The van der Waals surface area contributed by atoms with Crippen molar-refractivity contribution in [1.82, 2.24) is 4.98 Å². The standard InChI is InChI=1S/C12H8ClN3OS/c1-7-11(18-6-15-7)12(17)16-10-3-2-8(5-14)4-9(10)13/h2-4,6H,1H3,(H,16,17). The van der Waals surface area contributed by atoms with Gasteiger partial charge in [-0.3, -0.25) is 4.79 Å². The van der Waals surface area contributed by atoms with Crippen LogP contribution in [-0.2, 0) is 0 Å². The summed E-state index contributed by atoms with van der Waals surface area (Å²) in [6, 6.07) is 6.70. The molecule has 1 amide bonds. The highest BCUT2D eigenvalue weighted by Gasteiger charge is 2.13. The number of aromatic nitrogens is 1. The van der Waals surface area contributed by atoms with E-state index in [2.05, 4.69) is 10.3 Å². The van der Waals surface area contributed by atoms with Crippen molar-refractivity contribution < 1.29 is 4.79 Å². The fourth-order valence-electron chi connectivity index (χ4n) is 1.38. The van der Waals surface area contributed by atoms with Gasteiger partial charge in [0.2, 0.25) is 0 Å². The highest BCUT2D eigenvalue weighted by atomic mass is 35.5. The maximum absolute atomic E-state index is 11.9. The van der Waals surface area contributed by atoms with E-state index in [0.29, 0.717) is 26.8 Å². The molecule has 2 rings (SSSR count). The lowest BCUT2D eigenvalue weighted by Crippen LogP contribution is -2.11. The van der Waals surface area contributed by atoms with Crippen LogP contribution < -0.4 is 5.32 Å². The zero-order valence-corrected chi connectivity index (χ0v) is 11.0. The Bertz CT molecular complexity index is 645. The summed E-state index contributed by atoms with van der Waals surface area (Å²) >= 11 is 7.25. The lowest BCUT2D eigenvalue weighted by molar-refractivity contribution is 0.103. The Kier molecular flexibility index (Phi) is 3.60. The van der Waals surface area contributed by atoms with Crippen LogP contribution in [0.5, 0.6) is 0 Å². The van der Waals surface area contributed by atoms with E-state index in [0.717, 1.165) is 0 Å². The van der Waals surface area contributed by atoms with Gasteiger partial charge in [0.25, 0.3) is 5.91 Å². The zero-order chi connectivity index (χ0) is 13.1. The molecule has 1 heterocycles. The predicted molar refractivity (Wildman–Crippen MR) is 71.0 cm³/mol. The van der Waals surface area contributed by atoms with Crippen LogP contribution in [0.25, 0.3) is 0 Å². The second-order valence-corrected chi connectivity index (χ2v) is 4.79. The number of nitriles is 1. The number of carbonyl (C=O) groups excluding carboxylic acids is 1. The van der Waals surface area contributed by atoms with Crippen LogP contribution in [0.3, 0.4) is 0 Å². The number of rotatable bonds is 2. The minimum Gasteiger partial charge on any atom is -0.320 e. The zero-order valence-electron chi connectivity index (χ0n) is 9.40. The van der Waals surface area contributed by atoms with Crippen molar-refractivity contribution >= 4 is 34.5 Å². The summed E-state index contributed by atoms with van der Waals surface area (Å²) in [5, 5.41) is 11.8. The molecular weight excluding hydrogens is 270 g/mol. The van der Waals surface area contributed by atoms with E-state index in [-0.39, 0.29) is 5.91 Å². The number of thiazole rings is 1. The third-order valence-electron chi connectivity index (χ3n) is 2.30. The number of halogens is 1. The highest BCUT2D eigenvalue weighted by molar-refractivity contribution is 7.12. The van der Waals surface area contributed by atoms with E-state index in [1.54, 1.807) is 24.6 Å². The lowest BCUT2D eigenvalue weighted by atomic mass is 10.2. The maximum atomic E-state index is 11.9. The summed E-state index contributed by atoms with van der Waals surface area (Å²) in [5.41, 5.74) is 3.23. The Labute approximate surface area is 113 Å². The number of aryl methyl sites for hydroxylation is 1. The van der Waals surface area contributed by atoms with Crippen molar-refractivity contribution in [2.24, 2.45) is 0 Å². The molecule has 0 aliphatic carbocycles. The quantitative estimate of drug-likeness (QED) is 0.916. The second kappa shape index (κ2) is 5.17. The summed E-state index contributed by atoms with van der Waals surface area (Å²) in [5.74, 6) is -0.249. The summed E-state index contributed by atoms with van der Waals surface area (Å²) < 4.78 is 0. The molecule has 6 heteroatoms. The van der Waals surface area contributed by atoms with Gasteiger partial charge < -0.3 is 5.32 Å². The van der Waals surface area contributed by atoms with E-state index < -0.39 is 0 Å². The average Bonchev–Trinajstić information content (AvgIpc) is 2.78. The van der Waals surface area contributed by atoms with Gasteiger partial charge in [-0.05, 0) is 25.1 Å². The second-order valence-electron chi connectivity index (χ2n) is 3.53. The minimum absolute atomic E-state index is 0.249. The van der Waals surface area contributed by atoms with E-state index >= 15 is 0 Å². The summed E-state index contributed by atoms with van der Waals surface area (Å²) in [4.78, 5) is 16.5. The molecule has 1 aromatic carbocycles. The Morgan fingerprint density at radius 2 is 2.33 bits per heavy atom. The van der Waals surface area contributed by atoms with Crippen LogP contribution >= 0.6 is 22.9 Å². The molecule has 0 aliphatic heterocycles. The van der Waals surface area contributed by atoms with Gasteiger partial charge >= 0.3 is 0 Å². The number of nitrogens with zero attached hydrogens (tertiary/aromatic N) is 2. The molecule has 18 heavy (non-hydrogen) atoms. The van der Waals surface area contributed by atoms with Crippen LogP contribution in [0.15, 0.2) is 23.7 Å². The fraction of sp³-hybridized carbons (Fsp3) is 0.0833. The van der Waals surface area contributed by atoms with Crippen molar-refractivity contribution in [3.8, 4) is 6.07 Å². The molecule has 4 nitrogen and oxygen atoms in total. The lowest BCUT2D eigenvalue weighted by Gasteiger charge is -2.06. The molecule has 0 fully saturated rings. The third kappa shape index (κ3) is 2.50. The Hall–Kier alpha value is -1.90. The molecule has 0 unspecified atom stereocenters. The maximum Gasteiger partial charge on any atom is 0.267 e. The van der Waals surface area contributed by atoms with Crippen LogP contribution in [-0.4, -0.2) is 10.9 Å². The molecule has 0 aliphatic rings. The van der Waals surface area contributed by atoms with Gasteiger partial charge in [0.05, 0.1) is 33.5 Å². The Morgan fingerprint density at radius 3 is 2.89 bits per heavy atom. The van der Waals surface area contributed by atoms with Gasteiger partial charge in [-0.1, -0.05) is 11.6 Å². The van der Waals surface area contributed by atoms with E-state index in [1.807, 2.05) is 6.07 Å². The number of anilines is 1. The molecule has 0 atom stereocenters. The molecule has 1 aromatic heterocycles. The number of carbonyl (C=O) groups is 1. The van der Waals surface area contributed by atoms with E-state index in [9.17, 15) is 4.79 Å². The number of hydrogen-bond donors (Lipinski definition) is 1. The van der Waals surface area contributed by atoms with Gasteiger partial charge in [-0.15, -0.1) is 11.3 Å². The first-order chi connectivity index (χ1) is 8.61. The smallest absolute Gasteiger partial charge is 0.267 e. The Balaban J connectivity index is 2.23. The largest absolute Gasteiger partial charge is 0.320 e. The van der Waals surface area contributed by atoms with Crippen molar-refractivity contribution in [3.05, 3.63) is 44.9 Å². The fourth-order valence-corrected chi connectivity index (χ4v) is 2.31. The van der Waals surface area contributed by atoms with Crippen molar-refractivity contribution in [3.63, 3.8) is 0 Å². The van der Waals surface area contributed by atoms with E-state index in [4.69, 9.17) is 16.9 Å². The molecule has 90 valence electrons. The summed E-state index contributed by atoms with van der Waals surface area (Å²) in [6.45, 7) is 1.77. The van der Waals surface area contributed by atoms with Crippen LogP contribution in [0.4, 0.5) is 5.69 Å². The van der Waals surface area contributed by atoms with Crippen LogP contribution in [0, 0.1) is 18.3 Å². The monoisotopic (exact) mass is 277 g/mol. The normalized spacial score (nSPS) is 9.83. The first-order valence-electron chi connectivity index (χ1n) is 5.03. The minimum atomic E-state index is -0.249. The molecule has 2 aromatic rings. The SMILES string of the molecule is Cc1ncsc1C(=O)Nc1ccc(C#N)cc1Cl. The predicted octanol–water partition coefficient (Wildman–Crippen LogP) is 3.23. The van der Waals surface area contributed by atoms with Crippen molar-refractivity contribution in [1.29, 1.82) is 5.26 Å².